The number of benzene rings is 1. The monoisotopic (exact) mass is 181 g/mol. The van der Waals surface area contributed by atoms with Gasteiger partial charge in [-0.05, 0) is 23.9 Å². The molecule has 4 heteroatoms. The van der Waals surface area contributed by atoms with Gasteiger partial charge in [0.15, 0.2) is 5.58 Å². The van der Waals surface area contributed by atoms with Crippen molar-refractivity contribution in [2.45, 2.75) is 5.22 Å². The summed E-state index contributed by atoms with van der Waals surface area (Å²) in [5.74, 6) is -0.00712. The largest absolute Gasteiger partial charge is 0.431 e. The van der Waals surface area contributed by atoms with Crippen LogP contribution in [-0.2, 0) is 0 Å². The van der Waals surface area contributed by atoms with Gasteiger partial charge in [0, 0.05) is 0 Å². The van der Waals surface area contributed by atoms with Crippen molar-refractivity contribution >= 4 is 22.9 Å². The van der Waals surface area contributed by atoms with E-state index >= 15 is 0 Å². The van der Waals surface area contributed by atoms with E-state index in [9.17, 15) is 0 Å². The molecule has 2 aromatic rings. The van der Waals surface area contributed by atoms with E-state index in [1.807, 2.05) is 24.3 Å². The van der Waals surface area contributed by atoms with Crippen LogP contribution in [0.4, 0.5) is 0 Å². The predicted molar refractivity (Wildman–Crippen MR) is 47.0 cm³/mol. The molecule has 1 N–H and O–H groups in total. The number of aliphatic hydroxyl groups excluding tert-OH is 1. The van der Waals surface area contributed by atoms with Crippen LogP contribution in [-0.4, -0.2) is 16.0 Å². The third-order valence-electron chi connectivity index (χ3n) is 1.46. The number of nitrogens with zero attached hydrogens (tertiary/aromatic N) is 1. The van der Waals surface area contributed by atoms with Crippen LogP contribution in [0.2, 0.25) is 0 Å². The summed E-state index contributed by atoms with van der Waals surface area (Å²) in [6.07, 6.45) is 0. The number of para-hydroxylation sites is 2. The smallest absolute Gasteiger partial charge is 0.259 e. The fraction of sp³-hybridized carbons (Fsp3) is 0.125. The highest BCUT2D eigenvalue weighted by Crippen LogP contribution is 2.21. The van der Waals surface area contributed by atoms with Crippen LogP contribution in [0.1, 0.15) is 0 Å². The number of oxazole rings is 1. The minimum Gasteiger partial charge on any atom is -0.431 e. The van der Waals surface area contributed by atoms with Crippen LogP contribution < -0.4 is 0 Å². The second-order valence-electron chi connectivity index (χ2n) is 2.22. The first-order valence-electron chi connectivity index (χ1n) is 3.49. The van der Waals surface area contributed by atoms with Crippen molar-refractivity contribution in [3.8, 4) is 0 Å². The van der Waals surface area contributed by atoms with Crippen molar-refractivity contribution in [1.82, 2.24) is 4.98 Å². The van der Waals surface area contributed by atoms with E-state index in [4.69, 9.17) is 9.52 Å². The lowest BCUT2D eigenvalue weighted by Crippen LogP contribution is -1.72. The maximum atomic E-state index is 8.61. The summed E-state index contributed by atoms with van der Waals surface area (Å²) in [4.78, 5) is 4.14. The molecule has 0 saturated heterocycles. The zero-order valence-electron chi connectivity index (χ0n) is 6.23. The van der Waals surface area contributed by atoms with Gasteiger partial charge < -0.3 is 9.52 Å². The zero-order valence-corrected chi connectivity index (χ0v) is 7.04. The van der Waals surface area contributed by atoms with Crippen molar-refractivity contribution in [2.75, 3.05) is 5.94 Å². The highest BCUT2D eigenvalue weighted by Gasteiger charge is 2.03. The number of aromatic nitrogens is 1. The number of hydrogen-bond donors (Lipinski definition) is 1. The highest BCUT2D eigenvalue weighted by molar-refractivity contribution is 7.98. The van der Waals surface area contributed by atoms with Crippen LogP contribution >= 0.6 is 11.8 Å². The normalized spacial score (nSPS) is 10.8. The van der Waals surface area contributed by atoms with Gasteiger partial charge in [-0.25, -0.2) is 4.98 Å². The summed E-state index contributed by atoms with van der Waals surface area (Å²) in [6.45, 7) is 0. The van der Waals surface area contributed by atoms with Crippen molar-refractivity contribution in [1.29, 1.82) is 0 Å². The van der Waals surface area contributed by atoms with Crippen molar-refractivity contribution < 1.29 is 9.52 Å². The van der Waals surface area contributed by atoms with E-state index in [1.54, 1.807) is 0 Å². The average Bonchev–Trinajstić information content (AvgIpc) is 2.47. The van der Waals surface area contributed by atoms with Gasteiger partial charge in [-0.2, -0.15) is 0 Å². The maximum absolute atomic E-state index is 8.61. The summed E-state index contributed by atoms with van der Waals surface area (Å²) in [5.41, 5.74) is 1.59. The van der Waals surface area contributed by atoms with E-state index in [2.05, 4.69) is 4.98 Å². The van der Waals surface area contributed by atoms with Gasteiger partial charge in [-0.1, -0.05) is 12.1 Å². The molecule has 0 aliphatic rings. The summed E-state index contributed by atoms with van der Waals surface area (Å²) in [5, 5.41) is 9.12. The molecule has 0 unspecified atom stereocenters. The summed E-state index contributed by atoms with van der Waals surface area (Å²) in [7, 11) is 0. The lowest BCUT2D eigenvalue weighted by Gasteiger charge is -1.84. The standard InChI is InChI=1S/C8H7NO2S/c10-5-12-8-9-6-3-1-2-4-7(6)11-8/h1-4,10H,5H2. The first kappa shape index (κ1) is 7.64. The van der Waals surface area contributed by atoms with Crippen LogP contribution in [0.15, 0.2) is 33.9 Å². The Morgan fingerprint density at radius 3 is 3.00 bits per heavy atom. The van der Waals surface area contributed by atoms with Crippen molar-refractivity contribution in [3.63, 3.8) is 0 Å². The highest BCUT2D eigenvalue weighted by atomic mass is 32.2. The molecular formula is C8H7NO2S. The van der Waals surface area contributed by atoms with Crippen LogP contribution in [0.5, 0.6) is 0 Å². The molecule has 1 aromatic heterocycles. The second-order valence-corrected chi connectivity index (χ2v) is 3.12. The van der Waals surface area contributed by atoms with Crippen molar-refractivity contribution in [2.24, 2.45) is 0 Å². The van der Waals surface area contributed by atoms with Gasteiger partial charge in [0.25, 0.3) is 5.22 Å². The minimum atomic E-state index is -0.00712. The fourth-order valence-electron chi connectivity index (χ4n) is 0.968. The summed E-state index contributed by atoms with van der Waals surface area (Å²) < 4.78 is 5.30. The summed E-state index contributed by atoms with van der Waals surface area (Å²) >= 11 is 1.18. The first-order chi connectivity index (χ1) is 5.90. The zero-order chi connectivity index (χ0) is 8.39. The molecule has 1 heterocycles. The number of rotatable bonds is 2. The molecule has 0 aliphatic carbocycles. The Hall–Kier alpha value is -1.00. The molecule has 0 bridgehead atoms. The lowest BCUT2D eigenvalue weighted by atomic mass is 10.3. The van der Waals surface area contributed by atoms with Crippen molar-refractivity contribution in [3.05, 3.63) is 24.3 Å². The third kappa shape index (κ3) is 1.31. The van der Waals surface area contributed by atoms with Gasteiger partial charge in [-0.15, -0.1) is 0 Å². The molecule has 0 atom stereocenters. The SMILES string of the molecule is OCSc1nc2ccccc2o1. The van der Waals surface area contributed by atoms with Crippen LogP contribution in [0.25, 0.3) is 11.1 Å². The molecule has 0 amide bonds. The molecule has 62 valence electrons. The van der Waals surface area contributed by atoms with Crippen LogP contribution in [0, 0.1) is 0 Å². The van der Waals surface area contributed by atoms with Gasteiger partial charge in [-0.3, -0.25) is 0 Å². The van der Waals surface area contributed by atoms with Gasteiger partial charge in [0.1, 0.15) is 5.52 Å². The number of thioether (sulfide) groups is 1. The molecule has 12 heavy (non-hydrogen) atoms. The Bertz CT molecular complexity index is 352. The molecule has 0 saturated carbocycles. The molecule has 0 aliphatic heterocycles. The molecule has 0 fully saturated rings. The second kappa shape index (κ2) is 3.16. The maximum Gasteiger partial charge on any atom is 0.259 e. The van der Waals surface area contributed by atoms with E-state index in [1.165, 1.54) is 11.8 Å². The molecule has 0 spiro atoms. The van der Waals surface area contributed by atoms with E-state index in [0.717, 1.165) is 11.1 Å². The first-order valence-corrected chi connectivity index (χ1v) is 4.48. The number of fused-ring (bicyclic) bond motifs is 1. The van der Waals surface area contributed by atoms with E-state index < -0.39 is 0 Å². The number of aliphatic hydroxyl groups is 1. The average molecular weight is 181 g/mol. The predicted octanol–water partition coefficient (Wildman–Crippen LogP) is 1.87. The molecule has 0 radical (unpaired) electrons. The Kier molecular flexibility index (Phi) is 2.01. The molecule has 2 rings (SSSR count). The van der Waals surface area contributed by atoms with Gasteiger partial charge in [0.05, 0.1) is 5.94 Å². The Morgan fingerprint density at radius 2 is 2.25 bits per heavy atom. The quantitative estimate of drug-likeness (QED) is 0.567. The Labute approximate surface area is 73.4 Å². The summed E-state index contributed by atoms with van der Waals surface area (Å²) in [6, 6.07) is 7.52. The van der Waals surface area contributed by atoms with E-state index in [-0.39, 0.29) is 5.94 Å². The lowest BCUT2D eigenvalue weighted by molar-refractivity contribution is 0.371. The number of hydrogen-bond acceptors (Lipinski definition) is 4. The Balaban J connectivity index is 2.47. The molecular weight excluding hydrogens is 174 g/mol. The van der Waals surface area contributed by atoms with E-state index in [0.29, 0.717) is 5.22 Å². The molecule has 3 nitrogen and oxygen atoms in total. The van der Waals surface area contributed by atoms with Gasteiger partial charge in [0.2, 0.25) is 0 Å². The topological polar surface area (TPSA) is 46.3 Å². The third-order valence-corrected chi connectivity index (χ3v) is 2.01. The van der Waals surface area contributed by atoms with Gasteiger partial charge >= 0.3 is 0 Å². The minimum absolute atomic E-state index is 0.00712. The fourth-order valence-corrected chi connectivity index (χ4v) is 1.39. The van der Waals surface area contributed by atoms with Crippen LogP contribution in [0.3, 0.4) is 0 Å². The molecule has 1 aromatic carbocycles. The Morgan fingerprint density at radius 1 is 1.42 bits per heavy atom.